The fourth-order valence-electron chi connectivity index (χ4n) is 2.12. The highest BCUT2D eigenvalue weighted by Gasteiger charge is 2.12. The lowest BCUT2D eigenvalue weighted by Gasteiger charge is -2.25. The lowest BCUT2D eigenvalue weighted by atomic mass is 9.99. The molecule has 0 saturated heterocycles. The molecule has 0 bridgehead atoms. The first kappa shape index (κ1) is 10.8. The van der Waals surface area contributed by atoms with Crippen LogP contribution in [0.1, 0.15) is 46.5 Å². The summed E-state index contributed by atoms with van der Waals surface area (Å²) in [6, 6.07) is 1.41. The van der Waals surface area contributed by atoms with Gasteiger partial charge in [-0.25, -0.2) is 0 Å². The van der Waals surface area contributed by atoms with E-state index in [1.807, 2.05) is 0 Å². The van der Waals surface area contributed by atoms with Gasteiger partial charge in [0.2, 0.25) is 0 Å². The Morgan fingerprint density at radius 2 is 2.08 bits per heavy atom. The Labute approximate surface area is 82.6 Å². The number of hydrogen-bond acceptors (Lipinski definition) is 1. The normalized spacial score (nSPS) is 25.1. The van der Waals surface area contributed by atoms with Crippen LogP contribution in [-0.4, -0.2) is 12.1 Å². The number of hydrogen-bond donors (Lipinski definition) is 1. The highest BCUT2D eigenvalue weighted by Crippen LogP contribution is 2.13. The summed E-state index contributed by atoms with van der Waals surface area (Å²) >= 11 is 0. The Balaban J connectivity index is 2.19. The Morgan fingerprint density at radius 1 is 1.31 bits per heavy atom. The maximum atomic E-state index is 3.70. The molecule has 0 saturated carbocycles. The first-order chi connectivity index (χ1) is 6.18. The van der Waals surface area contributed by atoms with Crippen LogP contribution >= 0.6 is 0 Å². The summed E-state index contributed by atoms with van der Waals surface area (Å²) in [4.78, 5) is 0. The van der Waals surface area contributed by atoms with Gasteiger partial charge in [0.25, 0.3) is 0 Å². The van der Waals surface area contributed by atoms with Crippen molar-refractivity contribution in [3.63, 3.8) is 0 Å². The quantitative estimate of drug-likeness (QED) is 0.657. The SMILES string of the molecule is CC(C)CC(C)NC1CC=CCC1. The third kappa shape index (κ3) is 4.47. The van der Waals surface area contributed by atoms with Crippen molar-refractivity contribution < 1.29 is 0 Å². The summed E-state index contributed by atoms with van der Waals surface area (Å²) in [6.45, 7) is 6.89. The third-order valence-electron chi connectivity index (χ3n) is 2.61. The van der Waals surface area contributed by atoms with Crippen molar-refractivity contribution in [2.24, 2.45) is 5.92 Å². The molecule has 0 aromatic rings. The smallest absolute Gasteiger partial charge is 0.0107 e. The predicted octanol–water partition coefficient (Wildman–Crippen LogP) is 3.12. The molecule has 1 aliphatic rings. The molecule has 0 radical (unpaired) electrons. The zero-order chi connectivity index (χ0) is 9.68. The van der Waals surface area contributed by atoms with Crippen molar-refractivity contribution >= 4 is 0 Å². The second-order valence-corrected chi connectivity index (χ2v) is 4.68. The molecule has 0 aromatic heterocycles. The van der Waals surface area contributed by atoms with Gasteiger partial charge in [0.1, 0.15) is 0 Å². The molecule has 13 heavy (non-hydrogen) atoms. The first-order valence-corrected chi connectivity index (χ1v) is 5.59. The lowest BCUT2D eigenvalue weighted by molar-refractivity contribution is 0.373. The minimum atomic E-state index is 0.677. The topological polar surface area (TPSA) is 12.0 Å². The largest absolute Gasteiger partial charge is 0.311 e. The van der Waals surface area contributed by atoms with Crippen LogP contribution in [0.2, 0.25) is 0 Å². The fourth-order valence-corrected chi connectivity index (χ4v) is 2.12. The summed E-state index contributed by atoms with van der Waals surface area (Å²) in [7, 11) is 0. The Hall–Kier alpha value is -0.300. The van der Waals surface area contributed by atoms with E-state index in [2.05, 4.69) is 38.2 Å². The second-order valence-electron chi connectivity index (χ2n) is 4.68. The summed E-state index contributed by atoms with van der Waals surface area (Å²) in [5.74, 6) is 0.807. The minimum Gasteiger partial charge on any atom is -0.311 e. The molecule has 1 rings (SSSR count). The van der Waals surface area contributed by atoms with Crippen molar-refractivity contribution in [2.45, 2.75) is 58.5 Å². The highest BCUT2D eigenvalue weighted by atomic mass is 14.9. The number of allylic oxidation sites excluding steroid dienone is 1. The van der Waals surface area contributed by atoms with E-state index in [9.17, 15) is 0 Å². The van der Waals surface area contributed by atoms with Gasteiger partial charge >= 0.3 is 0 Å². The maximum Gasteiger partial charge on any atom is 0.0107 e. The molecule has 0 amide bonds. The van der Waals surface area contributed by atoms with Crippen molar-refractivity contribution in [3.05, 3.63) is 12.2 Å². The van der Waals surface area contributed by atoms with E-state index in [0.29, 0.717) is 6.04 Å². The van der Waals surface area contributed by atoms with Gasteiger partial charge in [-0.1, -0.05) is 26.0 Å². The maximum absolute atomic E-state index is 3.70. The molecule has 2 atom stereocenters. The zero-order valence-electron chi connectivity index (χ0n) is 9.22. The van der Waals surface area contributed by atoms with Crippen LogP contribution in [0.15, 0.2) is 12.2 Å². The van der Waals surface area contributed by atoms with E-state index in [-0.39, 0.29) is 0 Å². The summed E-state index contributed by atoms with van der Waals surface area (Å²) in [5.41, 5.74) is 0. The molecule has 0 heterocycles. The van der Waals surface area contributed by atoms with E-state index in [1.165, 1.54) is 25.7 Å². The molecular formula is C12H23N. The minimum absolute atomic E-state index is 0.677. The summed E-state index contributed by atoms with van der Waals surface area (Å²) in [6.07, 6.45) is 9.70. The summed E-state index contributed by atoms with van der Waals surface area (Å²) < 4.78 is 0. The van der Waals surface area contributed by atoms with Crippen molar-refractivity contribution in [1.29, 1.82) is 0 Å². The van der Waals surface area contributed by atoms with Crippen LogP contribution in [0.25, 0.3) is 0 Å². The van der Waals surface area contributed by atoms with Crippen LogP contribution in [-0.2, 0) is 0 Å². The molecule has 0 spiro atoms. The van der Waals surface area contributed by atoms with Gasteiger partial charge in [-0.15, -0.1) is 0 Å². The van der Waals surface area contributed by atoms with Crippen LogP contribution in [0, 0.1) is 5.92 Å². The van der Waals surface area contributed by atoms with Gasteiger partial charge in [-0.3, -0.25) is 0 Å². The number of nitrogens with one attached hydrogen (secondary N) is 1. The van der Waals surface area contributed by atoms with Gasteiger partial charge < -0.3 is 5.32 Å². The standard InChI is InChI=1S/C12H23N/c1-10(2)9-11(3)13-12-7-5-4-6-8-12/h4-5,10-13H,6-9H2,1-3H3. The zero-order valence-corrected chi connectivity index (χ0v) is 9.22. The fraction of sp³-hybridized carbons (Fsp3) is 0.833. The monoisotopic (exact) mass is 181 g/mol. The van der Waals surface area contributed by atoms with Crippen molar-refractivity contribution in [1.82, 2.24) is 5.32 Å². The van der Waals surface area contributed by atoms with Gasteiger partial charge in [0.15, 0.2) is 0 Å². The average molecular weight is 181 g/mol. The molecule has 1 aliphatic carbocycles. The van der Waals surface area contributed by atoms with Crippen LogP contribution in [0.4, 0.5) is 0 Å². The molecule has 0 aliphatic heterocycles. The molecule has 1 heteroatoms. The van der Waals surface area contributed by atoms with E-state index in [4.69, 9.17) is 0 Å². The summed E-state index contributed by atoms with van der Waals surface area (Å²) in [5, 5.41) is 3.70. The van der Waals surface area contributed by atoms with Gasteiger partial charge in [0, 0.05) is 12.1 Å². The molecule has 76 valence electrons. The Bertz CT molecular complexity index is 161. The van der Waals surface area contributed by atoms with Crippen molar-refractivity contribution in [3.8, 4) is 0 Å². The van der Waals surface area contributed by atoms with Crippen LogP contribution < -0.4 is 5.32 Å². The van der Waals surface area contributed by atoms with E-state index in [1.54, 1.807) is 0 Å². The van der Waals surface area contributed by atoms with E-state index < -0.39 is 0 Å². The van der Waals surface area contributed by atoms with Gasteiger partial charge in [-0.2, -0.15) is 0 Å². The molecule has 0 aromatic carbocycles. The highest BCUT2D eigenvalue weighted by molar-refractivity contribution is 4.93. The van der Waals surface area contributed by atoms with Gasteiger partial charge in [0.05, 0.1) is 0 Å². The van der Waals surface area contributed by atoms with E-state index in [0.717, 1.165) is 12.0 Å². The molecule has 1 N–H and O–H groups in total. The molecule has 2 unspecified atom stereocenters. The molecule has 1 nitrogen and oxygen atoms in total. The Kier molecular flexibility index (Phi) is 4.51. The first-order valence-electron chi connectivity index (χ1n) is 5.59. The molecule has 0 fully saturated rings. The van der Waals surface area contributed by atoms with Crippen LogP contribution in [0.5, 0.6) is 0 Å². The third-order valence-corrected chi connectivity index (χ3v) is 2.61. The van der Waals surface area contributed by atoms with Crippen molar-refractivity contribution in [2.75, 3.05) is 0 Å². The second kappa shape index (κ2) is 5.43. The molecular weight excluding hydrogens is 158 g/mol. The van der Waals surface area contributed by atoms with Crippen LogP contribution in [0.3, 0.4) is 0 Å². The lowest BCUT2D eigenvalue weighted by Crippen LogP contribution is -2.37. The van der Waals surface area contributed by atoms with E-state index >= 15 is 0 Å². The van der Waals surface area contributed by atoms with Gasteiger partial charge in [-0.05, 0) is 38.5 Å². The predicted molar refractivity (Wildman–Crippen MR) is 58.8 cm³/mol. The number of rotatable bonds is 4. The average Bonchev–Trinajstić information content (AvgIpc) is 2.04. The Morgan fingerprint density at radius 3 is 2.62 bits per heavy atom.